The van der Waals surface area contributed by atoms with Crippen molar-refractivity contribution in [2.24, 2.45) is 13.0 Å². The molecule has 0 fully saturated rings. The second-order valence-corrected chi connectivity index (χ2v) is 6.18. The zero-order chi connectivity index (χ0) is 18.6. The summed E-state index contributed by atoms with van der Waals surface area (Å²) in [5.41, 5.74) is 0.672. The van der Waals surface area contributed by atoms with Gasteiger partial charge in [0.25, 0.3) is 0 Å². The van der Waals surface area contributed by atoms with Crippen molar-refractivity contribution in [3.8, 4) is 11.7 Å². The van der Waals surface area contributed by atoms with E-state index in [0.29, 0.717) is 11.3 Å². The number of aryl methyl sites for hydroxylation is 1. The van der Waals surface area contributed by atoms with Crippen LogP contribution >= 0.6 is 11.6 Å². The fraction of sp³-hybridized carbons (Fsp3) is 0.353. The summed E-state index contributed by atoms with van der Waals surface area (Å²) in [6, 6.07) is 7.10. The van der Waals surface area contributed by atoms with Crippen LogP contribution in [-0.2, 0) is 16.6 Å². The fourth-order valence-electron chi connectivity index (χ4n) is 2.10. The largest absolute Gasteiger partial charge is 0.467 e. The third kappa shape index (κ3) is 4.30. The van der Waals surface area contributed by atoms with Gasteiger partial charge in [-0.2, -0.15) is 0 Å². The highest BCUT2D eigenvalue weighted by atomic mass is 35.5. The molecule has 2 rings (SSSR count). The highest BCUT2D eigenvalue weighted by Crippen LogP contribution is 2.21. The molecule has 1 aromatic heterocycles. The minimum Gasteiger partial charge on any atom is -0.467 e. The molecule has 0 N–H and O–H groups in total. The van der Waals surface area contributed by atoms with E-state index in [1.165, 1.54) is 24.8 Å². The summed E-state index contributed by atoms with van der Waals surface area (Å²) in [5, 5.41) is 3.93. The lowest BCUT2D eigenvalue weighted by atomic mass is 10.1. The van der Waals surface area contributed by atoms with Crippen LogP contribution in [0.25, 0.3) is 11.8 Å². The van der Waals surface area contributed by atoms with E-state index in [1.54, 1.807) is 24.3 Å². The number of hydrogen-bond acceptors (Lipinski definition) is 5. The van der Waals surface area contributed by atoms with Crippen LogP contribution in [0.3, 0.4) is 0 Å². The predicted molar refractivity (Wildman–Crippen MR) is 95.0 cm³/mol. The van der Waals surface area contributed by atoms with E-state index in [2.05, 4.69) is 5.10 Å². The van der Waals surface area contributed by atoms with Gasteiger partial charge in [0.1, 0.15) is 5.03 Å². The Morgan fingerprint density at radius 1 is 1.36 bits per heavy atom. The summed E-state index contributed by atoms with van der Waals surface area (Å²) in [6.45, 7) is 4.14. The number of rotatable bonds is 6. The van der Waals surface area contributed by atoms with Crippen molar-refractivity contribution in [2.75, 3.05) is 13.7 Å². The molecule has 0 saturated carbocycles. The van der Waals surface area contributed by atoms with Crippen LogP contribution in [0.5, 0.6) is 6.01 Å². The van der Waals surface area contributed by atoms with Gasteiger partial charge in [0, 0.05) is 12.6 Å². The summed E-state index contributed by atoms with van der Waals surface area (Å²) in [7, 11) is 2.95. The van der Waals surface area contributed by atoms with Crippen LogP contribution in [0.4, 0.5) is 0 Å². The van der Waals surface area contributed by atoms with Gasteiger partial charge in [-0.1, -0.05) is 43.6 Å². The number of benzene rings is 1. The van der Waals surface area contributed by atoms with Crippen LogP contribution in [0.2, 0.25) is 0 Å². The molecule has 0 radical (unpaired) electrons. The zero-order valence-electron chi connectivity index (χ0n) is 14.5. The minimum atomic E-state index is -0.615. The van der Waals surface area contributed by atoms with Crippen molar-refractivity contribution in [2.45, 2.75) is 13.8 Å². The van der Waals surface area contributed by atoms with Crippen LogP contribution in [0.1, 0.15) is 19.4 Å². The SMILES string of the molecule is COc1nn(C)c(=O)n1-c1ccccc1C=C(Cl)C(=O)OCC(C)C. The highest BCUT2D eigenvalue weighted by molar-refractivity contribution is 6.43. The number of carbonyl (C=O) groups is 1. The first-order chi connectivity index (χ1) is 11.8. The van der Waals surface area contributed by atoms with Gasteiger partial charge in [0.15, 0.2) is 0 Å². The topological polar surface area (TPSA) is 75.4 Å². The molecule has 0 aliphatic carbocycles. The van der Waals surface area contributed by atoms with E-state index >= 15 is 0 Å². The van der Waals surface area contributed by atoms with E-state index in [9.17, 15) is 9.59 Å². The molecule has 8 heteroatoms. The van der Waals surface area contributed by atoms with Gasteiger partial charge in [-0.25, -0.2) is 18.8 Å². The molecule has 1 aromatic carbocycles. The Balaban J connectivity index is 2.44. The molecule has 0 bridgehead atoms. The Morgan fingerprint density at radius 3 is 2.68 bits per heavy atom. The van der Waals surface area contributed by atoms with Crippen molar-refractivity contribution < 1.29 is 14.3 Å². The maximum absolute atomic E-state index is 12.3. The van der Waals surface area contributed by atoms with Crippen molar-refractivity contribution in [1.29, 1.82) is 0 Å². The molecule has 1 heterocycles. The lowest BCUT2D eigenvalue weighted by Crippen LogP contribution is -2.22. The Hall–Kier alpha value is -2.54. The van der Waals surface area contributed by atoms with Crippen LogP contribution in [0.15, 0.2) is 34.1 Å². The van der Waals surface area contributed by atoms with Gasteiger partial charge < -0.3 is 9.47 Å². The predicted octanol–water partition coefficient (Wildman–Crippen LogP) is 2.36. The van der Waals surface area contributed by atoms with E-state index in [1.807, 2.05) is 13.8 Å². The summed E-state index contributed by atoms with van der Waals surface area (Å²) < 4.78 is 12.7. The molecule has 0 unspecified atom stereocenters. The molecular weight excluding hydrogens is 346 g/mol. The number of ether oxygens (including phenoxy) is 2. The first-order valence-corrected chi connectivity index (χ1v) is 8.06. The third-order valence-corrected chi connectivity index (χ3v) is 3.54. The highest BCUT2D eigenvalue weighted by Gasteiger charge is 2.17. The lowest BCUT2D eigenvalue weighted by Gasteiger charge is -2.09. The molecule has 0 aliphatic rings. The Kier molecular flexibility index (Phi) is 6.03. The van der Waals surface area contributed by atoms with Crippen LogP contribution in [-0.4, -0.2) is 34.0 Å². The Bertz CT molecular complexity index is 852. The van der Waals surface area contributed by atoms with E-state index in [0.717, 1.165) is 4.68 Å². The van der Waals surface area contributed by atoms with Gasteiger partial charge in [-0.15, -0.1) is 5.10 Å². The zero-order valence-corrected chi connectivity index (χ0v) is 15.3. The van der Waals surface area contributed by atoms with E-state index in [-0.39, 0.29) is 29.3 Å². The molecular formula is C17H20ClN3O4. The van der Waals surface area contributed by atoms with E-state index < -0.39 is 5.97 Å². The van der Waals surface area contributed by atoms with Gasteiger partial charge in [0.05, 0.1) is 19.4 Å². The maximum atomic E-state index is 12.3. The molecule has 25 heavy (non-hydrogen) atoms. The Morgan fingerprint density at radius 2 is 2.04 bits per heavy atom. The van der Waals surface area contributed by atoms with E-state index in [4.69, 9.17) is 21.1 Å². The number of carbonyl (C=O) groups excluding carboxylic acids is 1. The molecule has 0 spiro atoms. The molecule has 134 valence electrons. The van der Waals surface area contributed by atoms with Gasteiger partial charge in [-0.05, 0) is 18.1 Å². The van der Waals surface area contributed by atoms with Crippen molar-refractivity contribution >= 4 is 23.6 Å². The fourth-order valence-corrected chi connectivity index (χ4v) is 2.27. The Labute approximate surface area is 150 Å². The molecule has 0 amide bonds. The molecule has 0 atom stereocenters. The second-order valence-electron chi connectivity index (χ2n) is 5.77. The number of halogens is 1. The standard InChI is InChI=1S/C17H20ClN3O4/c1-11(2)10-25-15(22)13(18)9-12-7-5-6-8-14(12)21-16(24-4)19-20(3)17(21)23/h5-9,11H,10H2,1-4H3. The number of hydrogen-bond donors (Lipinski definition) is 0. The van der Waals surface area contributed by atoms with Gasteiger partial charge in [0.2, 0.25) is 0 Å². The molecule has 0 aliphatic heterocycles. The number of para-hydroxylation sites is 1. The van der Waals surface area contributed by atoms with Gasteiger partial charge >= 0.3 is 17.7 Å². The number of nitrogens with zero attached hydrogens (tertiary/aromatic N) is 3. The number of esters is 1. The van der Waals surface area contributed by atoms with Crippen LogP contribution < -0.4 is 10.4 Å². The smallest absolute Gasteiger partial charge is 0.353 e. The third-order valence-electron chi connectivity index (χ3n) is 3.28. The maximum Gasteiger partial charge on any atom is 0.353 e. The van der Waals surface area contributed by atoms with Gasteiger partial charge in [-0.3, -0.25) is 0 Å². The summed E-state index contributed by atoms with van der Waals surface area (Å²) in [6.07, 6.45) is 1.46. The molecule has 7 nitrogen and oxygen atoms in total. The van der Waals surface area contributed by atoms with Crippen molar-refractivity contribution in [3.63, 3.8) is 0 Å². The quantitative estimate of drug-likeness (QED) is 0.580. The first-order valence-electron chi connectivity index (χ1n) is 7.69. The second kappa shape index (κ2) is 8.02. The number of methoxy groups -OCH3 is 1. The summed E-state index contributed by atoms with van der Waals surface area (Å²) in [4.78, 5) is 24.3. The molecule has 2 aromatic rings. The molecule has 0 saturated heterocycles. The first kappa shape index (κ1) is 18.8. The summed E-state index contributed by atoms with van der Waals surface area (Å²) in [5.74, 6) is -0.408. The van der Waals surface area contributed by atoms with Crippen molar-refractivity contribution in [3.05, 3.63) is 45.3 Å². The average Bonchev–Trinajstić information content (AvgIpc) is 2.87. The monoisotopic (exact) mass is 365 g/mol. The number of aromatic nitrogens is 3. The van der Waals surface area contributed by atoms with Crippen molar-refractivity contribution in [1.82, 2.24) is 14.3 Å². The lowest BCUT2D eigenvalue weighted by molar-refractivity contribution is -0.139. The minimum absolute atomic E-state index is 0.0796. The normalized spacial score (nSPS) is 11.7. The average molecular weight is 366 g/mol. The summed E-state index contributed by atoms with van der Waals surface area (Å²) >= 11 is 6.07. The van der Waals surface area contributed by atoms with Crippen LogP contribution in [0, 0.1) is 5.92 Å².